The molecule has 3 heteroatoms. The van der Waals surface area contributed by atoms with Gasteiger partial charge in [-0.05, 0) is 49.9 Å². The Hall–Kier alpha value is -1.61. The molecule has 2 aromatic carbocycles. The van der Waals surface area contributed by atoms with E-state index in [0.717, 1.165) is 15.6 Å². The zero-order valence-corrected chi connectivity index (χ0v) is 13.9. The summed E-state index contributed by atoms with van der Waals surface area (Å²) < 4.78 is 0.982. The molecule has 0 spiro atoms. The monoisotopic (exact) mass is 346 g/mol. The lowest BCUT2D eigenvalue weighted by Crippen LogP contribution is -2.19. The van der Waals surface area contributed by atoms with Gasteiger partial charge in [-0.3, -0.25) is 4.79 Å². The summed E-state index contributed by atoms with van der Waals surface area (Å²) in [5, 5.41) is 9.49. The van der Waals surface area contributed by atoms with Crippen LogP contribution in [0.5, 0.6) is 0 Å². The van der Waals surface area contributed by atoms with Crippen molar-refractivity contribution in [2.45, 2.75) is 26.7 Å². The van der Waals surface area contributed by atoms with Crippen molar-refractivity contribution in [2.24, 2.45) is 5.92 Å². The van der Waals surface area contributed by atoms with Crippen LogP contribution in [0.25, 0.3) is 0 Å². The van der Waals surface area contributed by atoms with Gasteiger partial charge in [-0.25, -0.2) is 0 Å². The summed E-state index contributed by atoms with van der Waals surface area (Å²) in [4.78, 5) is 11.6. The molecule has 1 N–H and O–H groups in total. The van der Waals surface area contributed by atoms with Crippen LogP contribution < -0.4 is 0 Å². The summed E-state index contributed by atoms with van der Waals surface area (Å²) >= 11 is 3.43. The van der Waals surface area contributed by atoms with E-state index in [1.165, 1.54) is 11.1 Å². The van der Waals surface area contributed by atoms with E-state index in [4.69, 9.17) is 0 Å². The summed E-state index contributed by atoms with van der Waals surface area (Å²) in [6.07, 6.45) is 1.10. The molecule has 21 heavy (non-hydrogen) atoms. The van der Waals surface area contributed by atoms with Crippen LogP contribution in [0.15, 0.2) is 46.9 Å². The average Bonchev–Trinajstić information content (AvgIpc) is 2.36. The van der Waals surface area contributed by atoms with E-state index < -0.39 is 11.9 Å². The maximum atomic E-state index is 11.6. The van der Waals surface area contributed by atoms with E-state index in [2.05, 4.69) is 34.1 Å². The van der Waals surface area contributed by atoms with E-state index in [-0.39, 0.29) is 0 Å². The minimum absolute atomic E-state index is 0.402. The van der Waals surface area contributed by atoms with Crippen LogP contribution >= 0.6 is 15.9 Å². The minimum Gasteiger partial charge on any atom is -0.481 e. The van der Waals surface area contributed by atoms with Crippen LogP contribution in [-0.2, 0) is 17.6 Å². The van der Waals surface area contributed by atoms with E-state index in [0.29, 0.717) is 12.8 Å². The van der Waals surface area contributed by atoms with Crippen LogP contribution in [0.2, 0.25) is 0 Å². The number of rotatable bonds is 5. The first kappa shape index (κ1) is 15.8. The van der Waals surface area contributed by atoms with Gasteiger partial charge in [0, 0.05) is 4.47 Å². The Morgan fingerprint density at radius 2 is 1.67 bits per heavy atom. The molecule has 0 aromatic heterocycles. The van der Waals surface area contributed by atoms with Gasteiger partial charge in [-0.15, -0.1) is 0 Å². The largest absolute Gasteiger partial charge is 0.481 e. The molecule has 2 nitrogen and oxygen atoms in total. The van der Waals surface area contributed by atoms with Gasteiger partial charge in [0.15, 0.2) is 0 Å². The zero-order valence-electron chi connectivity index (χ0n) is 12.3. The van der Waals surface area contributed by atoms with Gasteiger partial charge < -0.3 is 5.11 Å². The molecule has 0 saturated heterocycles. The lowest BCUT2D eigenvalue weighted by atomic mass is 9.91. The summed E-state index contributed by atoms with van der Waals surface area (Å²) in [5.41, 5.74) is 4.49. The van der Waals surface area contributed by atoms with E-state index in [9.17, 15) is 9.90 Å². The molecule has 0 radical (unpaired) electrons. The third-order valence-electron chi connectivity index (χ3n) is 3.48. The summed E-state index contributed by atoms with van der Waals surface area (Å²) in [5.74, 6) is -1.14. The number of carboxylic acids is 1. The molecule has 0 saturated carbocycles. The van der Waals surface area contributed by atoms with Crippen molar-refractivity contribution in [1.82, 2.24) is 0 Å². The molecule has 0 bridgehead atoms. The van der Waals surface area contributed by atoms with Crippen molar-refractivity contribution in [3.63, 3.8) is 0 Å². The minimum atomic E-state index is -0.742. The topological polar surface area (TPSA) is 37.3 Å². The van der Waals surface area contributed by atoms with E-state index in [1.54, 1.807) is 0 Å². The first-order valence-corrected chi connectivity index (χ1v) is 7.78. The molecule has 0 aliphatic heterocycles. The zero-order chi connectivity index (χ0) is 15.4. The normalized spacial score (nSPS) is 12.1. The van der Waals surface area contributed by atoms with Gasteiger partial charge in [-0.2, -0.15) is 0 Å². The molecule has 2 rings (SSSR count). The number of aliphatic carboxylic acids is 1. The van der Waals surface area contributed by atoms with Gasteiger partial charge in [0.2, 0.25) is 0 Å². The van der Waals surface area contributed by atoms with Crippen molar-refractivity contribution in [3.05, 3.63) is 69.2 Å². The predicted octanol–water partition coefficient (Wildman–Crippen LogP) is 4.55. The highest BCUT2D eigenvalue weighted by Crippen LogP contribution is 2.20. The fraction of sp³-hybridized carbons (Fsp3) is 0.278. The third-order valence-corrected chi connectivity index (χ3v) is 3.98. The second kappa shape index (κ2) is 6.90. The summed E-state index contributed by atoms with van der Waals surface area (Å²) in [7, 11) is 0. The Labute approximate surface area is 134 Å². The molecule has 0 amide bonds. The number of carboxylic acid groups (broad SMARTS) is 1. The first-order chi connectivity index (χ1) is 9.94. The lowest BCUT2D eigenvalue weighted by molar-refractivity contribution is -0.141. The first-order valence-electron chi connectivity index (χ1n) is 6.98. The molecule has 1 atom stereocenters. The number of benzene rings is 2. The highest BCUT2D eigenvalue weighted by atomic mass is 79.9. The predicted molar refractivity (Wildman–Crippen MR) is 88.6 cm³/mol. The Morgan fingerprint density at radius 3 is 2.24 bits per heavy atom. The number of hydrogen-bond acceptors (Lipinski definition) is 1. The number of carbonyl (C=O) groups is 1. The second-order valence-electron chi connectivity index (χ2n) is 5.57. The molecule has 0 aliphatic carbocycles. The number of hydrogen-bond donors (Lipinski definition) is 1. The molecule has 0 fully saturated rings. The van der Waals surface area contributed by atoms with Gasteiger partial charge in [0.25, 0.3) is 0 Å². The number of halogens is 1. The third kappa shape index (κ3) is 4.71. The van der Waals surface area contributed by atoms with Crippen LogP contribution in [0, 0.1) is 19.8 Å². The van der Waals surface area contributed by atoms with Crippen molar-refractivity contribution in [2.75, 3.05) is 0 Å². The van der Waals surface area contributed by atoms with Crippen LogP contribution in [0.3, 0.4) is 0 Å². The molecule has 0 aliphatic rings. The van der Waals surface area contributed by atoms with E-state index in [1.807, 2.05) is 38.1 Å². The number of aryl methyl sites for hydroxylation is 2. The Bertz CT molecular complexity index is 629. The fourth-order valence-corrected chi connectivity index (χ4v) is 3.11. The van der Waals surface area contributed by atoms with E-state index >= 15 is 0 Å². The maximum Gasteiger partial charge on any atom is 0.307 e. The fourth-order valence-electron chi connectivity index (χ4n) is 2.67. The standard InChI is InChI=1S/C18H19BrO2/c1-12-6-13(2)8-15(7-12)10-16(18(20)21)9-14-4-3-5-17(19)11-14/h3-8,11,16H,9-10H2,1-2H3,(H,20,21). The molecule has 110 valence electrons. The summed E-state index contributed by atoms with van der Waals surface area (Å²) in [6.45, 7) is 4.08. The molecular formula is C18H19BrO2. The Morgan fingerprint density at radius 1 is 1.05 bits per heavy atom. The summed E-state index contributed by atoms with van der Waals surface area (Å²) in [6, 6.07) is 14.1. The van der Waals surface area contributed by atoms with Crippen molar-refractivity contribution >= 4 is 21.9 Å². The quantitative estimate of drug-likeness (QED) is 0.861. The second-order valence-corrected chi connectivity index (χ2v) is 6.48. The lowest BCUT2D eigenvalue weighted by Gasteiger charge is -2.14. The molecule has 1 unspecified atom stereocenters. The smallest absolute Gasteiger partial charge is 0.307 e. The molecule has 0 heterocycles. The van der Waals surface area contributed by atoms with Crippen molar-refractivity contribution in [3.8, 4) is 0 Å². The highest BCUT2D eigenvalue weighted by molar-refractivity contribution is 9.10. The SMILES string of the molecule is Cc1cc(C)cc(CC(Cc2cccc(Br)c2)C(=O)O)c1. The van der Waals surface area contributed by atoms with Gasteiger partial charge in [-0.1, -0.05) is 57.4 Å². The van der Waals surface area contributed by atoms with Gasteiger partial charge >= 0.3 is 5.97 Å². The van der Waals surface area contributed by atoms with Crippen LogP contribution in [0.1, 0.15) is 22.3 Å². The van der Waals surface area contributed by atoms with Crippen LogP contribution in [0.4, 0.5) is 0 Å². The maximum absolute atomic E-state index is 11.6. The van der Waals surface area contributed by atoms with Crippen molar-refractivity contribution < 1.29 is 9.90 Å². The van der Waals surface area contributed by atoms with Gasteiger partial charge in [0.1, 0.15) is 0 Å². The molecule has 2 aromatic rings. The van der Waals surface area contributed by atoms with Crippen molar-refractivity contribution in [1.29, 1.82) is 0 Å². The Kier molecular flexibility index (Phi) is 5.18. The Balaban J connectivity index is 2.17. The van der Waals surface area contributed by atoms with Crippen LogP contribution in [-0.4, -0.2) is 11.1 Å². The molecular weight excluding hydrogens is 328 g/mol. The average molecular weight is 347 g/mol. The van der Waals surface area contributed by atoms with Gasteiger partial charge in [0.05, 0.1) is 5.92 Å². The highest BCUT2D eigenvalue weighted by Gasteiger charge is 2.19.